The Morgan fingerprint density at radius 1 is 1.36 bits per heavy atom. The number of ether oxygens (including phenoxy) is 1. The number of amides is 1. The van der Waals surface area contributed by atoms with Crippen LogP contribution in [-0.4, -0.2) is 45.2 Å². The second kappa shape index (κ2) is 8.97. The van der Waals surface area contributed by atoms with Gasteiger partial charge in [0.15, 0.2) is 5.82 Å². The number of nitrogens with two attached hydrogens (primary N) is 1. The Morgan fingerprint density at radius 2 is 2.18 bits per heavy atom. The minimum Gasteiger partial charge on any atom is -0.382 e. The highest BCUT2D eigenvalue weighted by molar-refractivity contribution is 6.04. The molecule has 0 fully saturated rings. The first-order valence-corrected chi connectivity index (χ1v) is 9.72. The smallest absolute Gasteiger partial charge is 0.246 e. The van der Waals surface area contributed by atoms with Crippen LogP contribution >= 0.6 is 0 Å². The molecule has 0 aliphatic heterocycles. The fourth-order valence-corrected chi connectivity index (χ4v) is 3.50. The number of nitrogens with one attached hydrogen (secondary N) is 1. The fraction of sp³-hybridized carbons (Fsp3) is 0.500. The fourth-order valence-electron chi connectivity index (χ4n) is 3.50. The second-order valence-electron chi connectivity index (χ2n) is 7.04. The summed E-state index contributed by atoms with van der Waals surface area (Å²) in [6, 6.07) is 3.86. The topological polar surface area (TPSA) is 108 Å². The molecule has 1 amide bonds. The standard InChI is InChI=1S/C20H28N6O2/c1-4-7-15-25-18-19(17-14(24-20(18)21)9-5-10-22-17)26(15)11-6-8-13(2)23-16(27)12-28-3/h5,9-10,13H,4,6-8,11-12H2,1-3H3,(H2,21,24)(H,23,27). The van der Waals surface area contributed by atoms with Gasteiger partial charge < -0.3 is 20.4 Å². The molecule has 8 heteroatoms. The lowest BCUT2D eigenvalue weighted by atomic mass is 10.1. The summed E-state index contributed by atoms with van der Waals surface area (Å²) in [4.78, 5) is 25.4. The van der Waals surface area contributed by atoms with Crippen LogP contribution in [0.2, 0.25) is 0 Å². The van der Waals surface area contributed by atoms with Gasteiger partial charge in [0, 0.05) is 32.3 Å². The molecule has 0 radical (unpaired) electrons. The SMILES string of the molecule is CCCc1nc2c(N)nc3cccnc3c2n1CCCC(C)NC(=O)COC. The number of fused-ring (bicyclic) bond motifs is 3. The maximum absolute atomic E-state index is 11.7. The number of carbonyl (C=O) groups excluding carboxylic acids is 1. The molecule has 1 atom stereocenters. The molecular formula is C20H28N6O2. The number of pyridine rings is 2. The van der Waals surface area contributed by atoms with Crippen molar-refractivity contribution in [3.05, 3.63) is 24.2 Å². The lowest BCUT2D eigenvalue weighted by Gasteiger charge is -2.15. The number of imidazole rings is 1. The molecule has 3 N–H and O–H groups in total. The molecule has 28 heavy (non-hydrogen) atoms. The molecule has 0 aliphatic rings. The molecule has 0 saturated heterocycles. The normalized spacial score (nSPS) is 12.5. The third-order valence-electron chi connectivity index (χ3n) is 4.72. The van der Waals surface area contributed by atoms with E-state index in [4.69, 9.17) is 15.5 Å². The van der Waals surface area contributed by atoms with Crippen LogP contribution < -0.4 is 11.1 Å². The van der Waals surface area contributed by atoms with Gasteiger partial charge in [-0.15, -0.1) is 0 Å². The first kappa shape index (κ1) is 20.0. The number of aryl methyl sites for hydroxylation is 2. The van der Waals surface area contributed by atoms with Crippen molar-refractivity contribution in [3.63, 3.8) is 0 Å². The highest BCUT2D eigenvalue weighted by atomic mass is 16.5. The van der Waals surface area contributed by atoms with Crippen molar-refractivity contribution >= 4 is 33.8 Å². The van der Waals surface area contributed by atoms with Crippen LogP contribution in [0, 0.1) is 0 Å². The number of rotatable bonds is 9. The molecule has 8 nitrogen and oxygen atoms in total. The second-order valence-corrected chi connectivity index (χ2v) is 7.04. The predicted molar refractivity (Wildman–Crippen MR) is 110 cm³/mol. The van der Waals surface area contributed by atoms with Gasteiger partial charge in [0.25, 0.3) is 0 Å². The van der Waals surface area contributed by atoms with E-state index in [1.807, 2.05) is 19.1 Å². The Balaban J connectivity index is 1.86. The summed E-state index contributed by atoms with van der Waals surface area (Å²) in [5.41, 5.74) is 9.45. The molecule has 1 unspecified atom stereocenters. The van der Waals surface area contributed by atoms with Crippen LogP contribution in [0.15, 0.2) is 18.3 Å². The molecule has 150 valence electrons. The largest absolute Gasteiger partial charge is 0.382 e. The van der Waals surface area contributed by atoms with Crippen molar-refractivity contribution in [1.82, 2.24) is 24.8 Å². The Kier molecular flexibility index (Phi) is 6.41. The van der Waals surface area contributed by atoms with Gasteiger partial charge in [-0.2, -0.15) is 0 Å². The molecule has 0 bridgehead atoms. The summed E-state index contributed by atoms with van der Waals surface area (Å²) in [5, 5.41) is 2.95. The quantitative estimate of drug-likeness (QED) is 0.587. The Hall–Kier alpha value is -2.74. The number of nitrogen functional groups attached to an aromatic ring is 1. The Labute approximate surface area is 164 Å². The zero-order chi connectivity index (χ0) is 20.1. The highest BCUT2D eigenvalue weighted by Crippen LogP contribution is 2.28. The molecule has 3 aromatic rings. The van der Waals surface area contributed by atoms with Crippen molar-refractivity contribution in [1.29, 1.82) is 0 Å². The molecule has 0 spiro atoms. The van der Waals surface area contributed by atoms with Gasteiger partial charge in [0.1, 0.15) is 29.0 Å². The van der Waals surface area contributed by atoms with E-state index in [0.717, 1.165) is 60.1 Å². The zero-order valence-electron chi connectivity index (χ0n) is 16.7. The monoisotopic (exact) mass is 384 g/mol. The third-order valence-corrected chi connectivity index (χ3v) is 4.72. The van der Waals surface area contributed by atoms with E-state index < -0.39 is 0 Å². The number of hydrogen-bond donors (Lipinski definition) is 2. The van der Waals surface area contributed by atoms with Gasteiger partial charge in [-0.25, -0.2) is 9.97 Å². The van der Waals surface area contributed by atoms with Gasteiger partial charge in [-0.1, -0.05) is 6.92 Å². The molecule has 0 aromatic carbocycles. The van der Waals surface area contributed by atoms with Crippen LogP contribution in [0.3, 0.4) is 0 Å². The number of aromatic nitrogens is 4. The Bertz CT molecular complexity index is 968. The van der Waals surface area contributed by atoms with E-state index in [-0.39, 0.29) is 18.6 Å². The Morgan fingerprint density at radius 3 is 2.93 bits per heavy atom. The van der Waals surface area contributed by atoms with Gasteiger partial charge in [0.05, 0.1) is 5.52 Å². The van der Waals surface area contributed by atoms with E-state index >= 15 is 0 Å². The minimum absolute atomic E-state index is 0.0775. The average Bonchev–Trinajstić information content (AvgIpc) is 3.02. The lowest BCUT2D eigenvalue weighted by Crippen LogP contribution is -2.35. The van der Waals surface area contributed by atoms with Gasteiger partial charge in [-0.3, -0.25) is 9.78 Å². The number of hydrogen-bond acceptors (Lipinski definition) is 6. The number of anilines is 1. The van der Waals surface area contributed by atoms with Crippen molar-refractivity contribution in [2.24, 2.45) is 0 Å². The van der Waals surface area contributed by atoms with E-state index in [1.54, 1.807) is 6.20 Å². The molecule has 3 heterocycles. The van der Waals surface area contributed by atoms with Gasteiger partial charge >= 0.3 is 0 Å². The van der Waals surface area contributed by atoms with Crippen molar-refractivity contribution < 1.29 is 9.53 Å². The summed E-state index contributed by atoms with van der Waals surface area (Å²) in [6.45, 7) is 5.01. The maximum atomic E-state index is 11.7. The summed E-state index contributed by atoms with van der Waals surface area (Å²) in [6.07, 6.45) is 5.37. The van der Waals surface area contributed by atoms with Crippen LogP contribution in [0.4, 0.5) is 5.82 Å². The van der Waals surface area contributed by atoms with E-state index in [9.17, 15) is 4.79 Å². The van der Waals surface area contributed by atoms with E-state index in [2.05, 4.69) is 26.8 Å². The first-order valence-electron chi connectivity index (χ1n) is 9.72. The van der Waals surface area contributed by atoms with E-state index in [1.165, 1.54) is 7.11 Å². The zero-order valence-corrected chi connectivity index (χ0v) is 16.7. The van der Waals surface area contributed by atoms with Crippen molar-refractivity contribution in [3.8, 4) is 0 Å². The van der Waals surface area contributed by atoms with Crippen LogP contribution in [0.25, 0.3) is 22.1 Å². The van der Waals surface area contributed by atoms with Gasteiger partial charge in [-0.05, 0) is 38.3 Å². The number of carbonyl (C=O) groups is 1. The maximum Gasteiger partial charge on any atom is 0.246 e. The average molecular weight is 384 g/mol. The molecule has 0 saturated carbocycles. The lowest BCUT2D eigenvalue weighted by molar-refractivity contribution is -0.125. The van der Waals surface area contributed by atoms with Crippen LogP contribution in [0.1, 0.15) is 38.9 Å². The minimum atomic E-state index is -0.0937. The summed E-state index contributed by atoms with van der Waals surface area (Å²) >= 11 is 0. The first-order chi connectivity index (χ1) is 13.5. The highest BCUT2D eigenvalue weighted by Gasteiger charge is 2.18. The number of nitrogens with zero attached hydrogens (tertiary/aromatic N) is 4. The third kappa shape index (κ3) is 4.22. The molecule has 3 rings (SSSR count). The molecular weight excluding hydrogens is 356 g/mol. The summed E-state index contributed by atoms with van der Waals surface area (Å²) in [7, 11) is 1.52. The predicted octanol–water partition coefficient (Wildman–Crippen LogP) is 2.45. The summed E-state index contributed by atoms with van der Waals surface area (Å²) in [5.74, 6) is 1.34. The van der Waals surface area contributed by atoms with Crippen LogP contribution in [0.5, 0.6) is 0 Å². The molecule has 3 aromatic heterocycles. The summed E-state index contributed by atoms with van der Waals surface area (Å²) < 4.78 is 7.08. The van der Waals surface area contributed by atoms with Crippen molar-refractivity contribution in [2.75, 3.05) is 19.5 Å². The van der Waals surface area contributed by atoms with E-state index in [0.29, 0.717) is 5.82 Å². The number of methoxy groups -OCH3 is 1. The molecule has 0 aliphatic carbocycles. The van der Waals surface area contributed by atoms with Crippen molar-refractivity contribution in [2.45, 2.75) is 52.1 Å². The van der Waals surface area contributed by atoms with Crippen LogP contribution in [-0.2, 0) is 22.5 Å². The van der Waals surface area contributed by atoms with Gasteiger partial charge in [0.2, 0.25) is 5.91 Å².